The van der Waals surface area contributed by atoms with Crippen LogP contribution >= 0.6 is 22.7 Å². The predicted molar refractivity (Wildman–Crippen MR) is 66.1 cm³/mol. The van der Waals surface area contributed by atoms with Crippen molar-refractivity contribution in [3.05, 3.63) is 27.4 Å². The van der Waals surface area contributed by atoms with E-state index in [-0.39, 0.29) is 6.42 Å². The lowest BCUT2D eigenvalue weighted by Crippen LogP contribution is -1.96. The van der Waals surface area contributed by atoms with Gasteiger partial charge >= 0.3 is 5.97 Å². The van der Waals surface area contributed by atoms with Gasteiger partial charge in [0.1, 0.15) is 0 Å². The minimum absolute atomic E-state index is 0.149. The second-order valence-corrected chi connectivity index (χ2v) is 5.31. The van der Waals surface area contributed by atoms with Crippen molar-refractivity contribution in [3.8, 4) is 10.6 Å². The van der Waals surface area contributed by atoms with E-state index in [9.17, 15) is 4.79 Å². The van der Waals surface area contributed by atoms with Crippen molar-refractivity contribution >= 4 is 28.6 Å². The number of hydrogen-bond acceptors (Lipinski definition) is 4. The van der Waals surface area contributed by atoms with Crippen molar-refractivity contribution in [2.24, 2.45) is 0 Å². The van der Waals surface area contributed by atoms with Gasteiger partial charge in [0.2, 0.25) is 0 Å². The van der Waals surface area contributed by atoms with Crippen LogP contribution in [0.5, 0.6) is 0 Å². The molecule has 5 heteroatoms. The Balaban J connectivity index is 2.14. The van der Waals surface area contributed by atoms with Gasteiger partial charge in [-0.05, 0) is 23.9 Å². The lowest BCUT2D eigenvalue weighted by molar-refractivity contribution is -0.136. The average molecular weight is 253 g/mol. The lowest BCUT2D eigenvalue weighted by atomic mass is 10.2. The van der Waals surface area contributed by atoms with Gasteiger partial charge in [0, 0.05) is 11.8 Å². The standard InChI is InChI=1S/C11H11NO2S2/c1-7-4-5-15-11(7)8-6-16-9(12-8)2-3-10(13)14/h4-6H,2-3H2,1H3,(H,13,14). The third-order valence-corrected chi connectivity index (χ3v) is 4.15. The molecule has 0 atom stereocenters. The number of rotatable bonds is 4. The Morgan fingerprint density at radius 1 is 1.50 bits per heavy atom. The molecular formula is C11H11NO2S2. The maximum atomic E-state index is 10.4. The summed E-state index contributed by atoms with van der Waals surface area (Å²) in [7, 11) is 0. The average Bonchev–Trinajstić information content (AvgIpc) is 2.83. The van der Waals surface area contributed by atoms with Crippen LogP contribution in [-0.4, -0.2) is 16.1 Å². The Bertz CT molecular complexity index is 502. The maximum absolute atomic E-state index is 10.4. The number of hydrogen-bond donors (Lipinski definition) is 1. The molecular weight excluding hydrogens is 242 g/mol. The minimum atomic E-state index is -0.774. The van der Waals surface area contributed by atoms with E-state index in [1.165, 1.54) is 21.8 Å². The van der Waals surface area contributed by atoms with Crippen LogP contribution in [0.15, 0.2) is 16.8 Å². The largest absolute Gasteiger partial charge is 0.481 e. The third kappa shape index (κ3) is 2.48. The molecule has 2 heterocycles. The molecule has 2 aromatic rings. The van der Waals surface area contributed by atoms with E-state index >= 15 is 0 Å². The van der Waals surface area contributed by atoms with Gasteiger partial charge in [-0.2, -0.15) is 0 Å². The van der Waals surface area contributed by atoms with Gasteiger partial charge in [-0.25, -0.2) is 4.98 Å². The van der Waals surface area contributed by atoms with Gasteiger partial charge in [0.25, 0.3) is 0 Å². The zero-order chi connectivity index (χ0) is 11.5. The van der Waals surface area contributed by atoms with Crippen LogP contribution in [0.3, 0.4) is 0 Å². The highest BCUT2D eigenvalue weighted by Crippen LogP contribution is 2.30. The Hall–Kier alpha value is -1.20. The predicted octanol–water partition coefficient (Wildman–Crippen LogP) is 3.20. The van der Waals surface area contributed by atoms with Crippen LogP contribution in [0.2, 0.25) is 0 Å². The fourth-order valence-corrected chi connectivity index (χ4v) is 3.13. The number of aliphatic carboxylic acids is 1. The molecule has 1 N–H and O–H groups in total. The third-order valence-electron chi connectivity index (χ3n) is 2.20. The number of aromatic nitrogens is 1. The molecule has 2 rings (SSSR count). The van der Waals surface area contributed by atoms with Crippen molar-refractivity contribution in [1.82, 2.24) is 4.98 Å². The Kier molecular flexibility index (Phi) is 3.36. The van der Waals surface area contributed by atoms with E-state index in [1.54, 1.807) is 11.3 Å². The molecule has 0 aliphatic heterocycles. The lowest BCUT2D eigenvalue weighted by Gasteiger charge is -1.93. The molecule has 0 saturated carbocycles. The first kappa shape index (κ1) is 11.3. The molecule has 16 heavy (non-hydrogen) atoms. The van der Waals surface area contributed by atoms with Crippen LogP contribution in [0.4, 0.5) is 0 Å². The summed E-state index contributed by atoms with van der Waals surface area (Å²) in [5.41, 5.74) is 2.19. The molecule has 0 amide bonds. The fourth-order valence-electron chi connectivity index (χ4n) is 1.38. The first-order chi connectivity index (χ1) is 7.66. The molecule has 0 spiro atoms. The van der Waals surface area contributed by atoms with Crippen molar-refractivity contribution < 1.29 is 9.90 Å². The summed E-state index contributed by atoms with van der Waals surface area (Å²) < 4.78 is 0. The van der Waals surface area contributed by atoms with Gasteiger partial charge < -0.3 is 5.11 Å². The zero-order valence-corrected chi connectivity index (χ0v) is 10.4. The topological polar surface area (TPSA) is 50.2 Å². The van der Waals surface area contributed by atoms with Crippen molar-refractivity contribution in [1.29, 1.82) is 0 Å². The summed E-state index contributed by atoms with van der Waals surface area (Å²) in [5.74, 6) is -0.774. The van der Waals surface area contributed by atoms with E-state index in [1.807, 2.05) is 10.8 Å². The molecule has 2 aromatic heterocycles. The quantitative estimate of drug-likeness (QED) is 0.910. The first-order valence-corrected chi connectivity index (χ1v) is 6.63. The summed E-state index contributed by atoms with van der Waals surface area (Å²) >= 11 is 3.20. The number of aryl methyl sites for hydroxylation is 2. The highest BCUT2D eigenvalue weighted by atomic mass is 32.1. The summed E-state index contributed by atoms with van der Waals surface area (Å²) in [6.45, 7) is 2.06. The van der Waals surface area contributed by atoms with Crippen LogP contribution in [-0.2, 0) is 11.2 Å². The highest BCUT2D eigenvalue weighted by molar-refractivity contribution is 7.14. The van der Waals surface area contributed by atoms with E-state index in [2.05, 4.69) is 18.0 Å². The Morgan fingerprint density at radius 3 is 2.94 bits per heavy atom. The van der Waals surface area contributed by atoms with Gasteiger partial charge in [0.15, 0.2) is 0 Å². The molecule has 0 bridgehead atoms. The number of nitrogens with zero attached hydrogens (tertiary/aromatic N) is 1. The van der Waals surface area contributed by atoms with Crippen LogP contribution in [0.1, 0.15) is 17.0 Å². The highest BCUT2D eigenvalue weighted by Gasteiger charge is 2.09. The van der Waals surface area contributed by atoms with Gasteiger partial charge in [-0.15, -0.1) is 22.7 Å². The van der Waals surface area contributed by atoms with E-state index in [4.69, 9.17) is 5.11 Å². The summed E-state index contributed by atoms with van der Waals surface area (Å²) in [5, 5.41) is 13.5. The van der Waals surface area contributed by atoms with Crippen LogP contribution < -0.4 is 0 Å². The number of thiazole rings is 1. The normalized spacial score (nSPS) is 10.6. The molecule has 0 unspecified atom stereocenters. The molecule has 0 radical (unpaired) electrons. The molecule has 0 aromatic carbocycles. The van der Waals surface area contributed by atoms with Crippen LogP contribution in [0, 0.1) is 6.92 Å². The fraction of sp³-hybridized carbons (Fsp3) is 0.273. The number of carbonyl (C=O) groups is 1. The van der Waals surface area contributed by atoms with Crippen molar-refractivity contribution in [3.63, 3.8) is 0 Å². The molecule has 0 aliphatic carbocycles. The number of carboxylic acids is 1. The van der Waals surface area contributed by atoms with Gasteiger partial charge in [-0.3, -0.25) is 4.79 Å². The summed E-state index contributed by atoms with van der Waals surface area (Å²) in [4.78, 5) is 16.1. The molecule has 0 fully saturated rings. The Labute approximate surface area is 101 Å². The van der Waals surface area contributed by atoms with Crippen molar-refractivity contribution in [2.75, 3.05) is 0 Å². The minimum Gasteiger partial charge on any atom is -0.481 e. The zero-order valence-electron chi connectivity index (χ0n) is 8.77. The van der Waals surface area contributed by atoms with Gasteiger partial charge in [-0.1, -0.05) is 0 Å². The first-order valence-electron chi connectivity index (χ1n) is 4.87. The second kappa shape index (κ2) is 4.76. The molecule has 0 aliphatic rings. The molecule has 0 saturated heterocycles. The van der Waals surface area contributed by atoms with E-state index < -0.39 is 5.97 Å². The van der Waals surface area contributed by atoms with E-state index in [0.29, 0.717) is 6.42 Å². The van der Waals surface area contributed by atoms with E-state index in [0.717, 1.165) is 10.7 Å². The second-order valence-electron chi connectivity index (χ2n) is 3.45. The summed E-state index contributed by atoms with van der Waals surface area (Å²) in [6, 6.07) is 2.07. The molecule has 3 nitrogen and oxygen atoms in total. The summed E-state index contributed by atoms with van der Waals surface area (Å²) in [6.07, 6.45) is 0.667. The maximum Gasteiger partial charge on any atom is 0.303 e. The van der Waals surface area contributed by atoms with Crippen LogP contribution in [0.25, 0.3) is 10.6 Å². The van der Waals surface area contributed by atoms with Crippen molar-refractivity contribution in [2.45, 2.75) is 19.8 Å². The smallest absolute Gasteiger partial charge is 0.303 e. The molecule has 84 valence electrons. The Morgan fingerprint density at radius 2 is 2.31 bits per heavy atom. The monoisotopic (exact) mass is 253 g/mol. The SMILES string of the molecule is Cc1ccsc1-c1csc(CCC(=O)O)n1. The number of thiophene rings is 1. The van der Waals surface area contributed by atoms with Gasteiger partial charge in [0.05, 0.1) is 22.0 Å². The number of carboxylic acid groups (broad SMARTS) is 1.